The van der Waals surface area contributed by atoms with Crippen molar-refractivity contribution in [3.05, 3.63) is 47.9 Å². The molecule has 116 valence electrons. The lowest BCUT2D eigenvalue weighted by molar-refractivity contribution is 0.396. The van der Waals surface area contributed by atoms with Crippen molar-refractivity contribution < 1.29 is 13.9 Å². The Kier molecular flexibility index (Phi) is 4.13. The van der Waals surface area contributed by atoms with Crippen LogP contribution in [0.2, 0.25) is 0 Å². The normalized spacial score (nSPS) is 17.6. The van der Waals surface area contributed by atoms with Crippen molar-refractivity contribution in [2.24, 2.45) is 0 Å². The molecule has 2 heterocycles. The maximum absolute atomic E-state index is 13.0. The van der Waals surface area contributed by atoms with Crippen LogP contribution in [0.4, 0.5) is 10.2 Å². The summed E-state index contributed by atoms with van der Waals surface area (Å²) in [5.74, 6) is 2.55. The molecule has 0 saturated carbocycles. The van der Waals surface area contributed by atoms with Gasteiger partial charge < -0.3 is 14.4 Å². The summed E-state index contributed by atoms with van der Waals surface area (Å²) in [6, 6.07) is 9.04. The van der Waals surface area contributed by atoms with Crippen LogP contribution in [0, 0.1) is 5.82 Å². The molecular weight excluding hydrogens is 283 g/mol. The van der Waals surface area contributed by atoms with Crippen molar-refractivity contribution in [2.45, 2.75) is 12.3 Å². The van der Waals surface area contributed by atoms with Gasteiger partial charge in [0.05, 0.1) is 20.4 Å². The molecule has 1 fully saturated rings. The maximum atomic E-state index is 13.0. The monoisotopic (exact) mass is 302 g/mol. The molecule has 4 nitrogen and oxygen atoms in total. The van der Waals surface area contributed by atoms with Gasteiger partial charge in [0.15, 0.2) is 0 Å². The molecule has 1 aliphatic rings. The van der Waals surface area contributed by atoms with Gasteiger partial charge in [0.1, 0.15) is 23.1 Å². The molecule has 0 amide bonds. The fraction of sp³-hybridized carbons (Fsp3) is 0.353. The lowest BCUT2D eigenvalue weighted by Gasteiger charge is -2.19. The highest BCUT2D eigenvalue weighted by Crippen LogP contribution is 2.37. The third-order valence-electron chi connectivity index (χ3n) is 4.10. The predicted octanol–water partition coefficient (Wildman–Crippen LogP) is 3.23. The van der Waals surface area contributed by atoms with Gasteiger partial charge in [0.25, 0.3) is 0 Å². The average Bonchev–Trinajstić information content (AvgIpc) is 3.04. The highest BCUT2D eigenvalue weighted by Gasteiger charge is 2.27. The number of hydrogen-bond donors (Lipinski definition) is 0. The SMILES string of the molecule is COc1ccc(OC)c(C2CCN(c3ccc(F)cn3)C2)c1. The van der Waals surface area contributed by atoms with Crippen LogP contribution in [0.1, 0.15) is 17.9 Å². The van der Waals surface area contributed by atoms with Gasteiger partial charge >= 0.3 is 0 Å². The Hall–Kier alpha value is -2.30. The van der Waals surface area contributed by atoms with E-state index in [4.69, 9.17) is 9.47 Å². The molecule has 22 heavy (non-hydrogen) atoms. The van der Waals surface area contributed by atoms with Crippen molar-refractivity contribution in [3.8, 4) is 11.5 Å². The molecule has 2 aromatic rings. The second kappa shape index (κ2) is 6.22. The number of methoxy groups -OCH3 is 2. The summed E-state index contributed by atoms with van der Waals surface area (Å²) in [7, 11) is 3.34. The van der Waals surface area contributed by atoms with Gasteiger partial charge in [-0.15, -0.1) is 0 Å². The number of aromatic nitrogens is 1. The maximum Gasteiger partial charge on any atom is 0.141 e. The number of rotatable bonds is 4. The molecule has 3 rings (SSSR count). The number of anilines is 1. The molecule has 1 aromatic carbocycles. The van der Waals surface area contributed by atoms with E-state index in [0.717, 1.165) is 42.4 Å². The molecule has 0 spiro atoms. The van der Waals surface area contributed by atoms with Crippen LogP contribution < -0.4 is 14.4 Å². The van der Waals surface area contributed by atoms with Crippen LogP contribution in [0.3, 0.4) is 0 Å². The second-order valence-electron chi connectivity index (χ2n) is 5.37. The summed E-state index contributed by atoms with van der Waals surface area (Å²) >= 11 is 0. The Morgan fingerprint density at radius 1 is 1.18 bits per heavy atom. The molecule has 5 heteroatoms. The first-order valence-corrected chi connectivity index (χ1v) is 7.29. The number of nitrogens with zero attached hydrogens (tertiary/aromatic N) is 2. The minimum Gasteiger partial charge on any atom is -0.497 e. The first kappa shape index (κ1) is 14.6. The molecule has 1 unspecified atom stereocenters. The lowest BCUT2D eigenvalue weighted by atomic mass is 9.97. The number of hydrogen-bond acceptors (Lipinski definition) is 4. The first-order valence-electron chi connectivity index (χ1n) is 7.29. The van der Waals surface area contributed by atoms with Crippen LogP contribution in [-0.4, -0.2) is 32.3 Å². The van der Waals surface area contributed by atoms with E-state index in [1.807, 2.05) is 18.2 Å². The number of pyridine rings is 1. The highest BCUT2D eigenvalue weighted by molar-refractivity contribution is 5.47. The zero-order valence-corrected chi connectivity index (χ0v) is 12.8. The minimum atomic E-state index is -0.311. The van der Waals surface area contributed by atoms with E-state index in [0.29, 0.717) is 5.92 Å². The van der Waals surface area contributed by atoms with Crippen molar-refractivity contribution >= 4 is 5.82 Å². The molecule has 0 bridgehead atoms. The van der Waals surface area contributed by atoms with Gasteiger partial charge in [-0.1, -0.05) is 0 Å². The average molecular weight is 302 g/mol. The number of ether oxygens (including phenoxy) is 2. The molecule has 0 aliphatic carbocycles. The van der Waals surface area contributed by atoms with E-state index >= 15 is 0 Å². The second-order valence-corrected chi connectivity index (χ2v) is 5.37. The summed E-state index contributed by atoms with van der Waals surface area (Å²) in [6.07, 6.45) is 2.26. The zero-order chi connectivity index (χ0) is 15.5. The Bertz CT molecular complexity index is 646. The van der Waals surface area contributed by atoms with Crippen LogP contribution in [-0.2, 0) is 0 Å². The molecule has 0 radical (unpaired) electrons. The summed E-state index contributed by atoms with van der Waals surface area (Å²) in [5, 5.41) is 0. The Morgan fingerprint density at radius 2 is 2.05 bits per heavy atom. The summed E-state index contributed by atoms with van der Waals surface area (Å²) < 4.78 is 23.8. The van der Waals surface area contributed by atoms with E-state index in [1.54, 1.807) is 20.3 Å². The van der Waals surface area contributed by atoms with Crippen LogP contribution >= 0.6 is 0 Å². The van der Waals surface area contributed by atoms with Crippen molar-refractivity contribution in [1.82, 2.24) is 4.98 Å². The third-order valence-corrected chi connectivity index (χ3v) is 4.10. The Morgan fingerprint density at radius 3 is 2.73 bits per heavy atom. The van der Waals surface area contributed by atoms with Crippen LogP contribution in [0.15, 0.2) is 36.5 Å². The molecule has 1 atom stereocenters. The topological polar surface area (TPSA) is 34.6 Å². The lowest BCUT2D eigenvalue weighted by Crippen LogP contribution is -2.20. The van der Waals surface area contributed by atoms with Crippen molar-refractivity contribution in [1.29, 1.82) is 0 Å². The summed E-state index contributed by atoms with van der Waals surface area (Å²) in [6.45, 7) is 1.73. The van der Waals surface area contributed by atoms with Crippen molar-refractivity contribution in [3.63, 3.8) is 0 Å². The van der Waals surface area contributed by atoms with Crippen LogP contribution in [0.5, 0.6) is 11.5 Å². The molecule has 1 aromatic heterocycles. The molecular formula is C17H19FN2O2. The van der Waals surface area contributed by atoms with E-state index in [2.05, 4.69) is 9.88 Å². The smallest absolute Gasteiger partial charge is 0.141 e. The Balaban J connectivity index is 1.81. The van der Waals surface area contributed by atoms with E-state index in [-0.39, 0.29) is 5.82 Å². The van der Waals surface area contributed by atoms with E-state index in [9.17, 15) is 4.39 Å². The third kappa shape index (κ3) is 2.84. The van der Waals surface area contributed by atoms with E-state index < -0.39 is 0 Å². The van der Waals surface area contributed by atoms with E-state index in [1.165, 1.54) is 12.3 Å². The van der Waals surface area contributed by atoms with Crippen molar-refractivity contribution in [2.75, 3.05) is 32.2 Å². The van der Waals surface area contributed by atoms with Gasteiger partial charge in [0, 0.05) is 24.6 Å². The molecule has 0 N–H and O–H groups in total. The zero-order valence-electron chi connectivity index (χ0n) is 12.8. The fourth-order valence-electron chi connectivity index (χ4n) is 2.94. The highest BCUT2D eigenvalue weighted by atomic mass is 19.1. The number of benzene rings is 1. The van der Waals surface area contributed by atoms with Gasteiger partial charge in [-0.05, 0) is 36.8 Å². The van der Waals surface area contributed by atoms with Gasteiger partial charge in [-0.2, -0.15) is 0 Å². The van der Waals surface area contributed by atoms with Gasteiger partial charge in [-0.25, -0.2) is 9.37 Å². The van der Waals surface area contributed by atoms with Crippen LogP contribution in [0.25, 0.3) is 0 Å². The first-order chi connectivity index (χ1) is 10.7. The summed E-state index contributed by atoms with van der Waals surface area (Å²) in [4.78, 5) is 6.33. The largest absolute Gasteiger partial charge is 0.497 e. The predicted molar refractivity (Wildman–Crippen MR) is 83.3 cm³/mol. The quantitative estimate of drug-likeness (QED) is 0.868. The number of halogens is 1. The fourth-order valence-corrected chi connectivity index (χ4v) is 2.94. The minimum absolute atomic E-state index is 0.311. The van der Waals surface area contributed by atoms with Gasteiger partial charge in [0.2, 0.25) is 0 Å². The molecule has 1 aliphatic heterocycles. The summed E-state index contributed by atoms with van der Waals surface area (Å²) in [5.41, 5.74) is 1.14. The standard InChI is InChI=1S/C17H19FN2O2/c1-21-14-4-5-16(22-2)15(9-14)12-7-8-20(11-12)17-6-3-13(18)10-19-17/h3-6,9-10,12H,7-8,11H2,1-2H3. The Labute approximate surface area is 129 Å². The molecule has 1 saturated heterocycles. The van der Waals surface area contributed by atoms with Gasteiger partial charge in [-0.3, -0.25) is 0 Å².